The predicted molar refractivity (Wildman–Crippen MR) is 85.2 cm³/mol. The molecule has 0 saturated carbocycles. The van der Waals surface area contributed by atoms with E-state index in [1.807, 2.05) is 0 Å². The molecule has 0 radical (unpaired) electrons. The Morgan fingerprint density at radius 3 is 2.52 bits per heavy atom. The van der Waals surface area contributed by atoms with Crippen molar-refractivity contribution in [3.63, 3.8) is 0 Å². The molecule has 0 aliphatic rings. The fraction of sp³-hybridized carbons (Fsp3) is 0.533. The Balaban J connectivity index is 2.66. The molecule has 6 heteroatoms. The van der Waals surface area contributed by atoms with Crippen molar-refractivity contribution in [3.8, 4) is 0 Å². The lowest BCUT2D eigenvalue weighted by molar-refractivity contribution is 0.0952. The highest BCUT2D eigenvalue weighted by Crippen LogP contribution is 2.19. The van der Waals surface area contributed by atoms with Gasteiger partial charge in [-0.25, -0.2) is 8.42 Å². The molecular weight excluding hydrogens is 310 g/mol. The molecule has 0 fully saturated rings. The molecule has 4 nitrogen and oxygen atoms in total. The van der Waals surface area contributed by atoms with Crippen molar-refractivity contribution in [2.24, 2.45) is 5.92 Å². The molecule has 1 rings (SSSR count). The van der Waals surface area contributed by atoms with E-state index in [-0.39, 0.29) is 10.8 Å². The molecule has 0 saturated heterocycles. The average Bonchev–Trinajstić information content (AvgIpc) is 2.36. The number of aryl methyl sites for hydroxylation is 1. The molecule has 0 aliphatic heterocycles. The van der Waals surface area contributed by atoms with Gasteiger partial charge in [0.1, 0.15) is 0 Å². The van der Waals surface area contributed by atoms with Crippen LogP contribution in [0.4, 0.5) is 0 Å². The summed E-state index contributed by atoms with van der Waals surface area (Å²) in [6, 6.07) is 4.31. The van der Waals surface area contributed by atoms with Gasteiger partial charge >= 0.3 is 0 Å². The lowest BCUT2D eigenvalue weighted by atomic mass is 10.1. The van der Waals surface area contributed by atoms with Crippen LogP contribution < -0.4 is 5.32 Å². The van der Waals surface area contributed by atoms with Crippen LogP contribution in [0.5, 0.6) is 0 Å². The number of carbonyl (C=O) groups is 1. The monoisotopic (exact) mass is 331 g/mol. The zero-order chi connectivity index (χ0) is 16.0. The average molecular weight is 332 g/mol. The van der Waals surface area contributed by atoms with Crippen LogP contribution in [0.15, 0.2) is 23.1 Å². The standard InChI is InChI=1S/C15H22ClNO3S/c1-11(2)6-4-5-9-17-15(18)14-10-13(21(16,19)20)8-7-12(14)3/h7-8,10-11H,4-6,9H2,1-3H3,(H,17,18). The normalized spacial score (nSPS) is 11.7. The van der Waals surface area contributed by atoms with Gasteiger partial charge in [-0.3, -0.25) is 4.79 Å². The van der Waals surface area contributed by atoms with Gasteiger partial charge in [0, 0.05) is 22.8 Å². The summed E-state index contributed by atoms with van der Waals surface area (Å²) < 4.78 is 22.6. The number of hydrogen-bond donors (Lipinski definition) is 1. The summed E-state index contributed by atoms with van der Waals surface area (Å²) in [6.45, 7) is 6.68. The Labute approximate surface area is 131 Å². The van der Waals surface area contributed by atoms with Crippen LogP contribution in [0.25, 0.3) is 0 Å². The summed E-state index contributed by atoms with van der Waals surface area (Å²) in [6.07, 6.45) is 3.11. The maximum absolute atomic E-state index is 12.1. The highest BCUT2D eigenvalue weighted by molar-refractivity contribution is 8.13. The van der Waals surface area contributed by atoms with Crippen LogP contribution >= 0.6 is 10.7 Å². The van der Waals surface area contributed by atoms with Crippen LogP contribution in [0.2, 0.25) is 0 Å². The minimum atomic E-state index is -3.82. The second kappa shape index (κ2) is 7.80. The fourth-order valence-electron chi connectivity index (χ4n) is 1.97. The Bertz CT molecular complexity index is 597. The molecular formula is C15H22ClNO3S. The zero-order valence-electron chi connectivity index (χ0n) is 12.6. The third kappa shape index (κ3) is 6.06. The minimum absolute atomic E-state index is 0.0558. The van der Waals surface area contributed by atoms with E-state index < -0.39 is 9.05 Å². The van der Waals surface area contributed by atoms with Gasteiger partial charge < -0.3 is 5.32 Å². The van der Waals surface area contributed by atoms with Gasteiger partial charge in [0.2, 0.25) is 0 Å². The maximum atomic E-state index is 12.1. The highest BCUT2D eigenvalue weighted by Gasteiger charge is 2.15. The van der Waals surface area contributed by atoms with Crippen molar-refractivity contribution in [3.05, 3.63) is 29.3 Å². The molecule has 0 unspecified atom stereocenters. The van der Waals surface area contributed by atoms with Crippen LogP contribution in [0, 0.1) is 12.8 Å². The van der Waals surface area contributed by atoms with Crippen LogP contribution in [-0.2, 0) is 9.05 Å². The van der Waals surface area contributed by atoms with Crippen LogP contribution in [-0.4, -0.2) is 20.9 Å². The lowest BCUT2D eigenvalue weighted by Gasteiger charge is -2.09. The topological polar surface area (TPSA) is 63.2 Å². The van der Waals surface area contributed by atoms with Crippen molar-refractivity contribution in [2.75, 3.05) is 6.54 Å². The second-order valence-corrected chi connectivity index (χ2v) is 8.13. The Morgan fingerprint density at radius 2 is 1.95 bits per heavy atom. The first-order chi connectivity index (χ1) is 9.71. The lowest BCUT2D eigenvalue weighted by Crippen LogP contribution is -2.25. The number of benzene rings is 1. The SMILES string of the molecule is Cc1ccc(S(=O)(=O)Cl)cc1C(=O)NCCCCC(C)C. The third-order valence-electron chi connectivity index (χ3n) is 3.23. The minimum Gasteiger partial charge on any atom is -0.352 e. The van der Waals surface area contributed by atoms with Crippen LogP contribution in [0.1, 0.15) is 49.0 Å². The first kappa shape index (κ1) is 18.0. The number of amides is 1. The van der Waals surface area contributed by atoms with E-state index >= 15 is 0 Å². The Hall–Kier alpha value is -1.07. The number of carbonyl (C=O) groups excluding carboxylic acids is 1. The fourth-order valence-corrected chi connectivity index (χ4v) is 2.75. The molecule has 118 valence electrons. The predicted octanol–water partition coefficient (Wildman–Crippen LogP) is 3.48. The quantitative estimate of drug-likeness (QED) is 0.614. The van der Waals surface area contributed by atoms with E-state index in [1.54, 1.807) is 13.0 Å². The molecule has 0 aromatic heterocycles. The number of hydrogen-bond acceptors (Lipinski definition) is 3. The number of rotatable bonds is 7. The number of halogens is 1. The van der Waals surface area contributed by atoms with E-state index in [4.69, 9.17) is 10.7 Å². The maximum Gasteiger partial charge on any atom is 0.261 e. The molecule has 21 heavy (non-hydrogen) atoms. The van der Waals surface area contributed by atoms with E-state index in [1.165, 1.54) is 12.1 Å². The molecule has 1 amide bonds. The second-order valence-electron chi connectivity index (χ2n) is 5.56. The van der Waals surface area contributed by atoms with Gasteiger partial charge in [-0.15, -0.1) is 0 Å². The van der Waals surface area contributed by atoms with E-state index in [2.05, 4.69) is 19.2 Å². The summed E-state index contributed by atoms with van der Waals surface area (Å²) in [5.41, 5.74) is 1.07. The van der Waals surface area contributed by atoms with Crippen molar-refractivity contribution in [1.82, 2.24) is 5.32 Å². The molecule has 0 heterocycles. The Morgan fingerprint density at radius 1 is 1.29 bits per heavy atom. The molecule has 0 aliphatic carbocycles. The molecule has 1 aromatic rings. The van der Waals surface area contributed by atoms with Crippen molar-refractivity contribution in [2.45, 2.75) is 44.9 Å². The van der Waals surface area contributed by atoms with Crippen molar-refractivity contribution >= 4 is 25.6 Å². The summed E-state index contributed by atoms with van der Waals surface area (Å²) in [5, 5.41) is 2.82. The van der Waals surface area contributed by atoms with Crippen LogP contribution in [0.3, 0.4) is 0 Å². The van der Waals surface area contributed by atoms with E-state index in [0.717, 1.165) is 24.8 Å². The van der Waals surface area contributed by atoms with Gasteiger partial charge in [0.25, 0.3) is 15.0 Å². The van der Waals surface area contributed by atoms with E-state index in [0.29, 0.717) is 18.0 Å². The largest absolute Gasteiger partial charge is 0.352 e. The number of nitrogens with one attached hydrogen (secondary N) is 1. The highest BCUT2D eigenvalue weighted by atomic mass is 35.7. The third-order valence-corrected chi connectivity index (χ3v) is 4.58. The Kier molecular flexibility index (Phi) is 6.68. The van der Waals surface area contributed by atoms with Gasteiger partial charge in [-0.1, -0.05) is 32.8 Å². The van der Waals surface area contributed by atoms with E-state index in [9.17, 15) is 13.2 Å². The van der Waals surface area contributed by atoms with Gasteiger partial charge in [-0.05, 0) is 37.0 Å². The first-order valence-corrected chi connectivity index (χ1v) is 9.36. The van der Waals surface area contributed by atoms with Gasteiger partial charge in [0.15, 0.2) is 0 Å². The summed E-state index contributed by atoms with van der Waals surface area (Å²) in [7, 11) is 1.48. The molecule has 0 atom stereocenters. The molecule has 0 bridgehead atoms. The summed E-state index contributed by atoms with van der Waals surface area (Å²) >= 11 is 0. The van der Waals surface area contributed by atoms with Gasteiger partial charge in [0.05, 0.1) is 4.90 Å². The summed E-state index contributed by atoms with van der Waals surface area (Å²) in [4.78, 5) is 12.0. The molecule has 1 N–H and O–H groups in total. The number of unbranched alkanes of at least 4 members (excludes halogenated alkanes) is 1. The zero-order valence-corrected chi connectivity index (χ0v) is 14.2. The van der Waals surface area contributed by atoms with Crippen molar-refractivity contribution < 1.29 is 13.2 Å². The molecule has 1 aromatic carbocycles. The summed E-state index contributed by atoms with van der Waals surface area (Å²) in [5.74, 6) is 0.396. The van der Waals surface area contributed by atoms with Gasteiger partial charge in [-0.2, -0.15) is 0 Å². The molecule has 0 spiro atoms. The van der Waals surface area contributed by atoms with Crippen molar-refractivity contribution in [1.29, 1.82) is 0 Å². The first-order valence-electron chi connectivity index (χ1n) is 7.05. The smallest absolute Gasteiger partial charge is 0.261 e.